The molecule has 2 aromatic heterocycles. The molecule has 7 heteroatoms. The second kappa shape index (κ2) is 7.85. The number of anilines is 1. The molecule has 3 aromatic rings. The maximum Gasteiger partial charge on any atom is 0.246 e. The molecule has 1 amide bonds. The van der Waals surface area contributed by atoms with Crippen LogP contribution >= 0.6 is 11.3 Å². The molecule has 1 aromatic carbocycles. The monoisotopic (exact) mass is 383 g/mol. The number of ketones is 1. The number of benzene rings is 1. The number of carbonyl (C=O) groups excluding carboxylic acids is 2. The summed E-state index contributed by atoms with van der Waals surface area (Å²) in [5.41, 5.74) is 3.27. The minimum atomic E-state index is -0.672. The lowest BCUT2D eigenvalue weighted by molar-refractivity contribution is -0.116. The van der Waals surface area contributed by atoms with Crippen LogP contribution in [0.4, 0.5) is 5.69 Å². The zero-order chi connectivity index (χ0) is 19.6. The number of hydrogen-bond donors (Lipinski definition) is 2. The highest BCUT2D eigenvalue weighted by Gasteiger charge is 2.17. The third-order valence-corrected chi connectivity index (χ3v) is 5.27. The highest BCUT2D eigenvalue weighted by atomic mass is 32.1. The van der Waals surface area contributed by atoms with Crippen LogP contribution in [0.25, 0.3) is 0 Å². The molecule has 1 unspecified atom stereocenters. The Morgan fingerprint density at radius 3 is 2.48 bits per heavy atom. The van der Waals surface area contributed by atoms with Crippen molar-refractivity contribution in [3.05, 3.63) is 69.2 Å². The molecule has 140 valence electrons. The molecule has 0 aliphatic heterocycles. The number of hydrogen-bond acceptors (Lipinski definition) is 5. The van der Waals surface area contributed by atoms with Crippen molar-refractivity contribution in [2.75, 3.05) is 5.32 Å². The Morgan fingerprint density at radius 2 is 1.93 bits per heavy atom. The van der Waals surface area contributed by atoms with Crippen LogP contribution in [0.1, 0.15) is 45.2 Å². The summed E-state index contributed by atoms with van der Waals surface area (Å²) in [5.74, 6) is -0.293. The number of carbonyl (C=O) groups is 2. The molecule has 0 saturated heterocycles. The minimum absolute atomic E-state index is 0.0273. The van der Waals surface area contributed by atoms with Gasteiger partial charge in [0.05, 0.1) is 11.3 Å². The summed E-state index contributed by atoms with van der Waals surface area (Å²) in [6.07, 6.45) is -0.672. The van der Waals surface area contributed by atoms with E-state index in [0.29, 0.717) is 22.6 Å². The van der Waals surface area contributed by atoms with Crippen LogP contribution in [0.2, 0.25) is 0 Å². The molecule has 0 saturated carbocycles. The van der Waals surface area contributed by atoms with Gasteiger partial charge in [-0.1, -0.05) is 18.2 Å². The smallest absolute Gasteiger partial charge is 0.246 e. The molecule has 0 aliphatic carbocycles. The molecule has 2 heterocycles. The van der Waals surface area contributed by atoms with Crippen molar-refractivity contribution >= 4 is 28.7 Å². The van der Waals surface area contributed by atoms with Gasteiger partial charge in [-0.15, -0.1) is 11.3 Å². The predicted octanol–water partition coefficient (Wildman–Crippen LogP) is 3.48. The summed E-state index contributed by atoms with van der Waals surface area (Å²) >= 11 is 1.49. The quantitative estimate of drug-likeness (QED) is 0.638. The van der Waals surface area contributed by atoms with Crippen molar-refractivity contribution in [2.24, 2.45) is 0 Å². The van der Waals surface area contributed by atoms with Crippen LogP contribution in [-0.4, -0.2) is 26.6 Å². The molecule has 0 fully saturated rings. The second-order valence-electron chi connectivity index (χ2n) is 6.35. The molecule has 0 bridgehead atoms. The first kappa shape index (κ1) is 19.0. The number of rotatable bonds is 6. The van der Waals surface area contributed by atoms with Gasteiger partial charge in [0.25, 0.3) is 0 Å². The Balaban J connectivity index is 1.66. The summed E-state index contributed by atoms with van der Waals surface area (Å²) in [6.45, 7) is 5.06. The second-order valence-corrected chi connectivity index (χ2v) is 7.33. The van der Waals surface area contributed by atoms with Gasteiger partial charge in [-0.3, -0.25) is 14.3 Å². The zero-order valence-electron chi connectivity index (χ0n) is 15.4. The Hall–Kier alpha value is -2.77. The lowest BCUT2D eigenvalue weighted by atomic mass is 10.1. The summed E-state index contributed by atoms with van der Waals surface area (Å²) in [6, 6.07) is 10.9. The predicted molar refractivity (Wildman–Crippen MR) is 105 cm³/mol. The van der Waals surface area contributed by atoms with Gasteiger partial charge < -0.3 is 10.4 Å². The number of amides is 1. The fraction of sp³-hybridized carbons (Fsp3) is 0.250. The Morgan fingerprint density at radius 1 is 1.22 bits per heavy atom. The average molecular weight is 383 g/mol. The molecule has 1 atom stereocenters. The van der Waals surface area contributed by atoms with Gasteiger partial charge in [-0.05, 0) is 49.9 Å². The topological polar surface area (TPSA) is 84.2 Å². The van der Waals surface area contributed by atoms with Gasteiger partial charge in [0.2, 0.25) is 5.91 Å². The summed E-state index contributed by atoms with van der Waals surface area (Å²) in [4.78, 5) is 24.9. The van der Waals surface area contributed by atoms with Crippen molar-refractivity contribution in [3.8, 4) is 0 Å². The highest BCUT2D eigenvalue weighted by Crippen LogP contribution is 2.26. The standard InChI is InChI=1S/C20H21N3O3S/c1-12-19(14(3)24)13(2)23(22-12)11-18(25)21-16-8-6-15(7-9-16)20(26)17-5-4-10-27-17/h4-10,20,26H,11H2,1-3H3,(H,21,25). The molecular weight excluding hydrogens is 362 g/mol. The number of aliphatic hydroxyl groups is 1. The van der Waals surface area contributed by atoms with Crippen LogP contribution < -0.4 is 5.32 Å². The van der Waals surface area contributed by atoms with Gasteiger partial charge >= 0.3 is 0 Å². The maximum absolute atomic E-state index is 12.3. The lowest BCUT2D eigenvalue weighted by Crippen LogP contribution is -2.20. The number of aliphatic hydroxyl groups excluding tert-OH is 1. The van der Waals surface area contributed by atoms with Crippen LogP contribution in [0, 0.1) is 13.8 Å². The van der Waals surface area contributed by atoms with Crippen LogP contribution in [0.15, 0.2) is 41.8 Å². The Labute approximate surface area is 161 Å². The molecule has 0 aliphatic rings. The largest absolute Gasteiger partial charge is 0.383 e. The molecular formula is C20H21N3O3S. The molecule has 2 N–H and O–H groups in total. The van der Waals surface area contributed by atoms with Crippen molar-refractivity contribution < 1.29 is 14.7 Å². The first-order valence-electron chi connectivity index (χ1n) is 8.53. The van der Waals surface area contributed by atoms with Crippen LogP contribution in [0.3, 0.4) is 0 Å². The van der Waals surface area contributed by atoms with Crippen molar-refractivity contribution in [1.82, 2.24) is 9.78 Å². The van der Waals surface area contributed by atoms with E-state index in [9.17, 15) is 14.7 Å². The van der Waals surface area contributed by atoms with E-state index in [0.717, 1.165) is 10.4 Å². The molecule has 3 rings (SSSR count). The molecule has 27 heavy (non-hydrogen) atoms. The van der Waals surface area contributed by atoms with Gasteiger partial charge in [-0.25, -0.2) is 0 Å². The van der Waals surface area contributed by atoms with Crippen molar-refractivity contribution in [3.63, 3.8) is 0 Å². The minimum Gasteiger partial charge on any atom is -0.383 e. The highest BCUT2D eigenvalue weighted by molar-refractivity contribution is 7.10. The summed E-state index contributed by atoms with van der Waals surface area (Å²) in [5, 5.41) is 19.4. The third-order valence-electron chi connectivity index (χ3n) is 4.35. The summed E-state index contributed by atoms with van der Waals surface area (Å²) in [7, 11) is 0. The number of nitrogens with one attached hydrogen (secondary N) is 1. The lowest BCUT2D eigenvalue weighted by Gasteiger charge is -2.11. The number of aromatic nitrogens is 2. The van der Waals surface area contributed by atoms with Crippen LogP contribution in [0.5, 0.6) is 0 Å². The fourth-order valence-electron chi connectivity index (χ4n) is 3.06. The zero-order valence-corrected chi connectivity index (χ0v) is 16.2. The Kier molecular flexibility index (Phi) is 5.53. The van der Waals surface area contributed by atoms with Gasteiger partial charge in [0.15, 0.2) is 5.78 Å². The normalized spacial score (nSPS) is 12.0. The summed E-state index contributed by atoms with van der Waals surface area (Å²) < 4.78 is 1.54. The van der Waals surface area contributed by atoms with E-state index >= 15 is 0 Å². The van der Waals surface area contributed by atoms with E-state index in [1.54, 1.807) is 38.1 Å². The third kappa shape index (κ3) is 4.15. The van der Waals surface area contributed by atoms with Gasteiger partial charge in [-0.2, -0.15) is 5.10 Å². The van der Waals surface area contributed by atoms with E-state index in [2.05, 4.69) is 10.4 Å². The van der Waals surface area contributed by atoms with Crippen LogP contribution in [-0.2, 0) is 11.3 Å². The first-order valence-corrected chi connectivity index (χ1v) is 9.41. The van der Waals surface area contributed by atoms with E-state index in [4.69, 9.17) is 0 Å². The Bertz CT molecular complexity index is 959. The van der Waals surface area contributed by atoms with Crippen molar-refractivity contribution in [1.29, 1.82) is 0 Å². The van der Waals surface area contributed by atoms with Crippen molar-refractivity contribution in [2.45, 2.75) is 33.4 Å². The molecule has 0 radical (unpaired) electrons. The number of Topliss-reactive ketones (excluding diaryl/α,β-unsaturated/α-hetero) is 1. The van der Waals surface area contributed by atoms with E-state index in [1.807, 2.05) is 17.5 Å². The number of thiophene rings is 1. The molecule has 6 nitrogen and oxygen atoms in total. The van der Waals surface area contributed by atoms with E-state index in [1.165, 1.54) is 22.9 Å². The van der Waals surface area contributed by atoms with E-state index in [-0.39, 0.29) is 18.2 Å². The number of nitrogens with zero attached hydrogens (tertiary/aromatic N) is 2. The van der Waals surface area contributed by atoms with Gasteiger partial charge in [0.1, 0.15) is 12.6 Å². The maximum atomic E-state index is 12.3. The fourth-order valence-corrected chi connectivity index (χ4v) is 3.79. The molecule has 0 spiro atoms. The van der Waals surface area contributed by atoms with E-state index < -0.39 is 6.10 Å². The number of aryl methyl sites for hydroxylation is 1. The SMILES string of the molecule is CC(=O)c1c(C)nn(CC(=O)Nc2ccc(C(O)c3cccs3)cc2)c1C. The first-order chi connectivity index (χ1) is 12.9. The van der Waals surface area contributed by atoms with Gasteiger partial charge in [0, 0.05) is 16.3 Å². The average Bonchev–Trinajstić information content (AvgIpc) is 3.23.